The maximum atomic E-state index is 11.0. The standard InChI is InChI=1S/C14H20N2O3/c1-10(2)13(14(17)18)15-9-8-12(16-19)11-6-4-3-5-7-11/h3-7,10,13,15,19H,8-9H2,1-2H3,(H,17,18)/b16-12-. The van der Waals surface area contributed by atoms with Gasteiger partial charge in [0.25, 0.3) is 0 Å². The smallest absolute Gasteiger partial charge is 0.320 e. The Morgan fingerprint density at radius 2 is 1.95 bits per heavy atom. The third-order valence-electron chi connectivity index (χ3n) is 2.89. The Kier molecular flexibility index (Phi) is 6.02. The fourth-order valence-electron chi connectivity index (χ4n) is 1.84. The summed E-state index contributed by atoms with van der Waals surface area (Å²) in [5, 5.41) is 24.3. The van der Waals surface area contributed by atoms with Crippen molar-refractivity contribution in [3.63, 3.8) is 0 Å². The zero-order chi connectivity index (χ0) is 14.3. The fraction of sp³-hybridized carbons (Fsp3) is 0.429. The van der Waals surface area contributed by atoms with Crippen molar-refractivity contribution in [2.45, 2.75) is 26.3 Å². The minimum atomic E-state index is -0.864. The minimum absolute atomic E-state index is 0.00346. The van der Waals surface area contributed by atoms with Gasteiger partial charge in [0.2, 0.25) is 0 Å². The Morgan fingerprint density at radius 3 is 2.42 bits per heavy atom. The molecule has 0 aliphatic heterocycles. The largest absolute Gasteiger partial charge is 0.480 e. The molecule has 0 aliphatic carbocycles. The molecule has 0 amide bonds. The summed E-state index contributed by atoms with van der Waals surface area (Å²) in [4.78, 5) is 11.0. The van der Waals surface area contributed by atoms with Crippen LogP contribution in [0.5, 0.6) is 0 Å². The predicted molar refractivity (Wildman–Crippen MR) is 73.6 cm³/mol. The van der Waals surface area contributed by atoms with E-state index in [-0.39, 0.29) is 5.92 Å². The van der Waals surface area contributed by atoms with Crippen LogP contribution in [0.3, 0.4) is 0 Å². The van der Waals surface area contributed by atoms with Gasteiger partial charge in [-0.3, -0.25) is 4.79 Å². The van der Waals surface area contributed by atoms with Gasteiger partial charge in [-0.2, -0.15) is 0 Å². The molecule has 1 rings (SSSR count). The molecule has 0 aromatic heterocycles. The maximum Gasteiger partial charge on any atom is 0.320 e. The van der Waals surface area contributed by atoms with Crippen molar-refractivity contribution in [2.75, 3.05) is 6.54 Å². The number of carboxylic acid groups (broad SMARTS) is 1. The zero-order valence-electron chi connectivity index (χ0n) is 11.2. The Morgan fingerprint density at radius 1 is 1.32 bits per heavy atom. The molecule has 0 aliphatic rings. The second kappa shape index (κ2) is 7.53. The van der Waals surface area contributed by atoms with Crippen LogP contribution in [-0.2, 0) is 4.79 Å². The number of hydrogen-bond acceptors (Lipinski definition) is 4. The number of nitrogens with zero attached hydrogens (tertiary/aromatic N) is 1. The molecule has 1 atom stereocenters. The van der Waals surface area contributed by atoms with E-state index in [0.29, 0.717) is 18.7 Å². The van der Waals surface area contributed by atoms with E-state index in [4.69, 9.17) is 10.3 Å². The first-order valence-electron chi connectivity index (χ1n) is 6.28. The van der Waals surface area contributed by atoms with Gasteiger partial charge in [0.15, 0.2) is 0 Å². The maximum absolute atomic E-state index is 11.0. The Balaban J connectivity index is 2.54. The van der Waals surface area contributed by atoms with Gasteiger partial charge in [-0.15, -0.1) is 0 Å². The highest BCUT2D eigenvalue weighted by atomic mass is 16.4. The first-order valence-corrected chi connectivity index (χ1v) is 6.28. The van der Waals surface area contributed by atoms with Crippen LogP contribution < -0.4 is 5.32 Å². The van der Waals surface area contributed by atoms with Crippen molar-refractivity contribution >= 4 is 11.7 Å². The molecule has 0 fully saturated rings. The number of hydrogen-bond donors (Lipinski definition) is 3. The predicted octanol–water partition coefficient (Wildman–Crippen LogP) is 1.95. The molecule has 0 saturated carbocycles. The van der Waals surface area contributed by atoms with E-state index in [1.54, 1.807) is 0 Å². The van der Waals surface area contributed by atoms with E-state index in [2.05, 4.69) is 10.5 Å². The molecule has 0 spiro atoms. The minimum Gasteiger partial charge on any atom is -0.480 e. The molecule has 5 heteroatoms. The van der Waals surface area contributed by atoms with Crippen molar-refractivity contribution in [1.82, 2.24) is 5.32 Å². The molecule has 3 N–H and O–H groups in total. The molecule has 104 valence electrons. The van der Waals surface area contributed by atoms with Crippen molar-refractivity contribution in [2.24, 2.45) is 11.1 Å². The van der Waals surface area contributed by atoms with Crippen molar-refractivity contribution in [3.05, 3.63) is 35.9 Å². The quantitative estimate of drug-likeness (QED) is 0.399. The molecule has 1 aromatic rings. The van der Waals surface area contributed by atoms with E-state index in [1.807, 2.05) is 44.2 Å². The van der Waals surface area contributed by atoms with Gasteiger partial charge < -0.3 is 15.6 Å². The van der Waals surface area contributed by atoms with Crippen LogP contribution >= 0.6 is 0 Å². The van der Waals surface area contributed by atoms with Gasteiger partial charge in [-0.05, 0) is 11.5 Å². The van der Waals surface area contributed by atoms with Gasteiger partial charge in [0.05, 0.1) is 5.71 Å². The van der Waals surface area contributed by atoms with Gasteiger partial charge in [-0.25, -0.2) is 0 Å². The van der Waals surface area contributed by atoms with Crippen LogP contribution in [0.15, 0.2) is 35.5 Å². The number of oxime groups is 1. The van der Waals surface area contributed by atoms with Crippen LogP contribution in [0.1, 0.15) is 25.8 Å². The van der Waals surface area contributed by atoms with Crippen molar-refractivity contribution in [3.8, 4) is 0 Å². The Labute approximate surface area is 113 Å². The molecule has 0 saturated heterocycles. The number of carboxylic acids is 1. The lowest BCUT2D eigenvalue weighted by molar-refractivity contribution is -0.140. The highest BCUT2D eigenvalue weighted by Gasteiger charge is 2.20. The summed E-state index contributed by atoms with van der Waals surface area (Å²) >= 11 is 0. The van der Waals surface area contributed by atoms with Crippen LogP contribution in [0.4, 0.5) is 0 Å². The summed E-state index contributed by atoms with van der Waals surface area (Å²) in [7, 11) is 0. The third-order valence-corrected chi connectivity index (χ3v) is 2.89. The van der Waals surface area contributed by atoms with Crippen LogP contribution in [0.25, 0.3) is 0 Å². The van der Waals surface area contributed by atoms with Crippen molar-refractivity contribution in [1.29, 1.82) is 0 Å². The summed E-state index contributed by atoms with van der Waals surface area (Å²) in [6.45, 7) is 4.15. The number of benzene rings is 1. The summed E-state index contributed by atoms with van der Waals surface area (Å²) in [5.74, 6) is -0.860. The second-order valence-electron chi connectivity index (χ2n) is 4.68. The van der Waals surface area contributed by atoms with Gasteiger partial charge in [-0.1, -0.05) is 49.3 Å². The summed E-state index contributed by atoms with van der Waals surface area (Å²) < 4.78 is 0. The van der Waals surface area contributed by atoms with Gasteiger partial charge in [0, 0.05) is 13.0 Å². The lowest BCUT2D eigenvalue weighted by Crippen LogP contribution is -2.41. The molecule has 5 nitrogen and oxygen atoms in total. The fourth-order valence-corrected chi connectivity index (χ4v) is 1.84. The zero-order valence-corrected chi connectivity index (χ0v) is 11.2. The van der Waals surface area contributed by atoms with E-state index >= 15 is 0 Å². The molecule has 0 heterocycles. The first kappa shape index (κ1) is 15.2. The van der Waals surface area contributed by atoms with Gasteiger partial charge >= 0.3 is 5.97 Å². The van der Waals surface area contributed by atoms with E-state index in [9.17, 15) is 4.79 Å². The highest BCUT2D eigenvalue weighted by Crippen LogP contribution is 2.05. The van der Waals surface area contributed by atoms with Gasteiger partial charge in [0.1, 0.15) is 6.04 Å². The molecule has 1 aromatic carbocycles. The average Bonchev–Trinajstić information content (AvgIpc) is 2.39. The molecule has 1 unspecified atom stereocenters. The van der Waals surface area contributed by atoms with Crippen LogP contribution in [0.2, 0.25) is 0 Å². The molecule has 0 bridgehead atoms. The number of rotatable bonds is 7. The van der Waals surface area contributed by atoms with Crippen molar-refractivity contribution < 1.29 is 15.1 Å². The summed E-state index contributed by atoms with van der Waals surface area (Å²) in [5.41, 5.74) is 1.38. The normalized spacial score (nSPS) is 13.5. The number of carbonyl (C=O) groups is 1. The number of aliphatic carboxylic acids is 1. The molecule has 0 radical (unpaired) electrons. The third kappa shape index (κ3) is 4.71. The summed E-state index contributed by atoms with van der Waals surface area (Å²) in [6.07, 6.45) is 0.469. The highest BCUT2D eigenvalue weighted by molar-refractivity contribution is 6.00. The summed E-state index contributed by atoms with van der Waals surface area (Å²) in [6, 6.07) is 8.73. The van der Waals surface area contributed by atoms with E-state index in [1.165, 1.54) is 0 Å². The molecule has 19 heavy (non-hydrogen) atoms. The second-order valence-corrected chi connectivity index (χ2v) is 4.68. The SMILES string of the molecule is CC(C)C(NCC/C(=N/O)c1ccccc1)C(=O)O. The van der Waals surface area contributed by atoms with E-state index in [0.717, 1.165) is 5.56 Å². The Bertz CT molecular complexity index is 430. The monoisotopic (exact) mass is 264 g/mol. The lowest BCUT2D eigenvalue weighted by Gasteiger charge is -2.17. The van der Waals surface area contributed by atoms with Crippen LogP contribution in [-0.4, -0.2) is 34.6 Å². The van der Waals surface area contributed by atoms with E-state index < -0.39 is 12.0 Å². The lowest BCUT2D eigenvalue weighted by atomic mass is 10.0. The average molecular weight is 264 g/mol. The molecular weight excluding hydrogens is 244 g/mol. The topological polar surface area (TPSA) is 81.9 Å². The van der Waals surface area contributed by atoms with Crippen LogP contribution in [0, 0.1) is 5.92 Å². The molecular formula is C14H20N2O3. The number of nitrogens with one attached hydrogen (secondary N) is 1. The first-order chi connectivity index (χ1) is 9.06. The Hall–Kier alpha value is -1.88.